The van der Waals surface area contributed by atoms with Crippen LogP contribution in [0.2, 0.25) is 0 Å². The van der Waals surface area contributed by atoms with Crippen molar-refractivity contribution in [1.29, 1.82) is 0 Å². The summed E-state index contributed by atoms with van der Waals surface area (Å²) < 4.78 is 0. The number of carboxylic acids is 1. The minimum absolute atomic E-state index is 0.0747. The summed E-state index contributed by atoms with van der Waals surface area (Å²) in [4.78, 5) is 37.8. The van der Waals surface area contributed by atoms with Gasteiger partial charge in [-0.1, -0.05) is 48.5 Å². The van der Waals surface area contributed by atoms with E-state index in [1.54, 1.807) is 0 Å². The lowest BCUT2D eigenvalue weighted by atomic mass is 9.36. The molecule has 0 aromatic carbocycles. The van der Waals surface area contributed by atoms with Gasteiger partial charge in [0.2, 0.25) is 0 Å². The van der Waals surface area contributed by atoms with Gasteiger partial charge >= 0.3 is 5.97 Å². The van der Waals surface area contributed by atoms with E-state index in [9.17, 15) is 19.5 Å². The highest BCUT2D eigenvalue weighted by molar-refractivity contribution is 5.87. The molecule has 2 unspecified atom stereocenters. The zero-order valence-corrected chi connectivity index (χ0v) is 22.0. The molecule has 186 valence electrons. The Morgan fingerprint density at radius 2 is 1.76 bits per heavy atom. The third kappa shape index (κ3) is 3.56. The summed E-state index contributed by atoms with van der Waals surface area (Å²) in [5, 5.41) is 9.23. The van der Waals surface area contributed by atoms with Gasteiger partial charge in [0.25, 0.3) is 0 Å². The number of hydrogen-bond donors (Lipinski definition) is 1. The van der Waals surface area contributed by atoms with Crippen molar-refractivity contribution in [2.45, 2.75) is 106 Å². The third-order valence-electron chi connectivity index (χ3n) is 12.0. The molecular formula is C29H46O4. The van der Waals surface area contributed by atoms with E-state index in [0.717, 1.165) is 25.7 Å². The summed E-state index contributed by atoms with van der Waals surface area (Å²) in [6.07, 6.45) is 6.99. The third-order valence-corrected chi connectivity index (χ3v) is 12.0. The Morgan fingerprint density at radius 1 is 1.09 bits per heavy atom. The highest BCUT2D eigenvalue weighted by atomic mass is 16.4. The van der Waals surface area contributed by atoms with Crippen LogP contribution in [0.15, 0.2) is 0 Å². The summed E-state index contributed by atoms with van der Waals surface area (Å²) in [6.45, 7) is 16.4. The molecule has 4 nitrogen and oxygen atoms in total. The van der Waals surface area contributed by atoms with E-state index in [1.807, 2.05) is 0 Å². The van der Waals surface area contributed by atoms with Crippen molar-refractivity contribution in [1.82, 2.24) is 0 Å². The minimum atomic E-state index is -0.741. The van der Waals surface area contributed by atoms with E-state index in [2.05, 4.69) is 48.5 Å². The number of Topliss-reactive ketones (excluding diaryl/α,β-unsaturated/α-hetero) is 2. The summed E-state index contributed by atoms with van der Waals surface area (Å²) in [5.74, 6) is 2.19. The maximum atomic E-state index is 14.1. The summed E-state index contributed by atoms with van der Waals surface area (Å²) in [6, 6.07) is 0. The average Bonchev–Trinajstić information content (AvgIpc) is 3.06. The number of carboxylic acid groups (broad SMARTS) is 1. The first-order valence-electron chi connectivity index (χ1n) is 13.4. The summed E-state index contributed by atoms with van der Waals surface area (Å²) in [5.41, 5.74) is -0.107. The number of rotatable bonds is 4. The standard InChI is InChI=1S/C29H46O4/c1-17(8-11-24(32)33)20-9-10-21-25-22(15-23(31)29(20,21)7)27(5)13-12-19(30)14-18(27)16-28(25,6)26(2,3)4/h17-18,20-22,25H,8-16H2,1-7H3,(H,32,33)/t17-,18?,20-,21+,22+,25+,27+,28?,29-/m1/s1. The van der Waals surface area contributed by atoms with Crippen molar-refractivity contribution in [3.63, 3.8) is 0 Å². The fourth-order valence-electron chi connectivity index (χ4n) is 9.46. The Hall–Kier alpha value is -1.19. The first-order valence-corrected chi connectivity index (χ1v) is 13.4. The molecule has 4 rings (SSSR count). The molecule has 0 saturated heterocycles. The molecule has 33 heavy (non-hydrogen) atoms. The smallest absolute Gasteiger partial charge is 0.303 e. The van der Waals surface area contributed by atoms with Crippen LogP contribution in [-0.4, -0.2) is 22.6 Å². The molecule has 0 amide bonds. The SMILES string of the molecule is C[C@H](CCC(=O)O)[C@H]1CC[C@H]2[C@H]3[C@H](CC(=O)[C@]12C)[C@@]1(C)CCC(=O)CC1CC3(C)C(C)(C)C. The van der Waals surface area contributed by atoms with Crippen LogP contribution in [-0.2, 0) is 14.4 Å². The van der Waals surface area contributed by atoms with Crippen LogP contribution < -0.4 is 0 Å². The molecule has 4 heteroatoms. The molecular weight excluding hydrogens is 412 g/mol. The van der Waals surface area contributed by atoms with Gasteiger partial charge in [0.1, 0.15) is 11.6 Å². The van der Waals surface area contributed by atoms with Crippen LogP contribution in [0.1, 0.15) is 106 Å². The van der Waals surface area contributed by atoms with Crippen molar-refractivity contribution in [2.75, 3.05) is 0 Å². The number of ketones is 2. The van der Waals surface area contributed by atoms with Crippen LogP contribution in [0.3, 0.4) is 0 Å². The summed E-state index contributed by atoms with van der Waals surface area (Å²) in [7, 11) is 0. The van der Waals surface area contributed by atoms with Crippen LogP contribution >= 0.6 is 0 Å². The highest BCUT2D eigenvalue weighted by Gasteiger charge is 2.69. The predicted molar refractivity (Wildman–Crippen MR) is 130 cm³/mol. The Bertz CT molecular complexity index is 839. The molecule has 0 radical (unpaired) electrons. The molecule has 1 N–H and O–H groups in total. The van der Waals surface area contributed by atoms with Crippen molar-refractivity contribution in [3.8, 4) is 0 Å². The van der Waals surface area contributed by atoms with Crippen molar-refractivity contribution < 1.29 is 19.5 Å². The quantitative estimate of drug-likeness (QED) is 0.518. The zero-order valence-electron chi connectivity index (χ0n) is 22.0. The van der Waals surface area contributed by atoms with E-state index in [-0.39, 0.29) is 39.9 Å². The second kappa shape index (κ2) is 7.92. The Balaban J connectivity index is 1.76. The normalized spacial score (nSPS) is 46.3. The van der Waals surface area contributed by atoms with Crippen molar-refractivity contribution in [2.24, 2.45) is 57.2 Å². The molecule has 0 spiro atoms. The number of carbonyl (C=O) groups excluding carboxylic acids is 2. The number of aliphatic carboxylic acids is 1. The van der Waals surface area contributed by atoms with Crippen LogP contribution in [0, 0.1) is 57.2 Å². The molecule has 0 heterocycles. The van der Waals surface area contributed by atoms with Crippen molar-refractivity contribution in [3.05, 3.63) is 0 Å². The van der Waals surface area contributed by atoms with E-state index in [0.29, 0.717) is 60.9 Å². The van der Waals surface area contributed by atoms with Gasteiger partial charge in [-0.15, -0.1) is 0 Å². The Morgan fingerprint density at radius 3 is 2.36 bits per heavy atom. The second-order valence-electron chi connectivity index (χ2n) is 14.1. The second-order valence-corrected chi connectivity index (χ2v) is 14.1. The maximum Gasteiger partial charge on any atom is 0.303 e. The van der Waals surface area contributed by atoms with Gasteiger partial charge in [-0.3, -0.25) is 14.4 Å². The van der Waals surface area contributed by atoms with E-state index in [4.69, 9.17) is 0 Å². The molecule has 4 aliphatic rings. The fraction of sp³-hybridized carbons (Fsp3) is 0.897. The van der Waals surface area contributed by atoms with Gasteiger partial charge in [-0.2, -0.15) is 0 Å². The van der Waals surface area contributed by atoms with Crippen LogP contribution in [0.4, 0.5) is 0 Å². The molecule has 0 aromatic heterocycles. The lowest BCUT2D eigenvalue weighted by molar-refractivity contribution is -0.202. The molecule has 9 atom stereocenters. The Kier molecular flexibility index (Phi) is 5.98. The molecule has 4 fully saturated rings. The van der Waals surface area contributed by atoms with Gasteiger partial charge in [0.05, 0.1) is 0 Å². The van der Waals surface area contributed by atoms with Crippen LogP contribution in [0.25, 0.3) is 0 Å². The molecule has 0 aliphatic heterocycles. The van der Waals surface area contributed by atoms with Crippen LogP contribution in [0.5, 0.6) is 0 Å². The molecule has 0 aromatic rings. The monoisotopic (exact) mass is 458 g/mol. The van der Waals surface area contributed by atoms with Gasteiger partial charge in [-0.25, -0.2) is 0 Å². The van der Waals surface area contributed by atoms with Gasteiger partial charge < -0.3 is 5.11 Å². The van der Waals surface area contributed by atoms with E-state index in [1.165, 1.54) is 0 Å². The fourth-order valence-corrected chi connectivity index (χ4v) is 9.46. The topological polar surface area (TPSA) is 71.4 Å². The number of hydrogen-bond acceptors (Lipinski definition) is 3. The van der Waals surface area contributed by atoms with E-state index >= 15 is 0 Å². The highest BCUT2D eigenvalue weighted by Crippen LogP contribution is 2.73. The first-order chi connectivity index (χ1) is 15.2. The van der Waals surface area contributed by atoms with Gasteiger partial charge in [0, 0.05) is 31.1 Å². The zero-order chi connectivity index (χ0) is 24.6. The van der Waals surface area contributed by atoms with E-state index < -0.39 is 5.97 Å². The lowest BCUT2D eigenvalue weighted by Crippen LogP contribution is -2.64. The average molecular weight is 459 g/mol. The summed E-state index contributed by atoms with van der Waals surface area (Å²) >= 11 is 0. The number of fused-ring (bicyclic) bond motifs is 5. The molecule has 4 aliphatic carbocycles. The van der Waals surface area contributed by atoms with Gasteiger partial charge in [0.15, 0.2) is 0 Å². The number of carbonyl (C=O) groups is 3. The molecule has 4 saturated carbocycles. The largest absolute Gasteiger partial charge is 0.481 e. The van der Waals surface area contributed by atoms with Crippen molar-refractivity contribution >= 4 is 17.5 Å². The predicted octanol–water partition coefficient (Wildman–Crippen LogP) is 6.56. The maximum absolute atomic E-state index is 14.1. The van der Waals surface area contributed by atoms with Gasteiger partial charge in [-0.05, 0) is 83.9 Å². The Labute approximate surface area is 200 Å². The minimum Gasteiger partial charge on any atom is -0.481 e. The lowest BCUT2D eigenvalue weighted by Gasteiger charge is -2.68. The first kappa shape index (κ1) is 24.9. The molecule has 0 bridgehead atoms.